The molecule has 0 bridgehead atoms. The van der Waals surface area contributed by atoms with Gasteiger partial charge in [0.15, 0.2) is 5.60 Å². The van der Waals surface area contributed by atoms with Gasteiger partial charge >= 0.3 is 11.9 Å². The first kappa shape index (κ1) is 34.7. The number of fused-ring (bicyclic) bond motifs is 8. The second-order valence-electron chi connectivity index (χ2n) is 15.9. The van der Waals surface area contributed by atoms with Crippen LogP contribution in [0.25, 0.3) is 0 Å². The Bertz CT molecular complexity index is 2020. The maximum absolute atomic E-state index is 14.2. The Morgan fingerprint density at radius 2 is 1.43 bits per heavy atom. The number of hydrogen-bond donors (Lipinski definition) is 1. The number of unbranched alkanes of at least 4 members (excludes halogenated alkanes) is 1. The van der Waals surface area contributed by atoms with E-state index in [1.807, 2.05) is 19.1 Å². The van der Waals surface area contributed by atoms with Crippen LogP contribution in [0.2, 0.25) is 0 Å². The Labute approximate surface area is 315 Å². The summed E-state index contributed by atoms with van der Waals surface area (Å²) >= 11 is 0. The highest BCUT2D eigenvalue weighted by Gasteiger charge is 2.56. The largest absolute Gasteiger partial charge is 0.456 e. The Morgan fingerprint density at radius 1 is 0.833 bits per heavy atom. The van der Waals surface area contributed by atoms with E-state index in [-0.39, 0.29) is 24.4 Å². The molecular weight excluding hydrogens is 684 g/mol. The smallest absolute Gasteiger partial charge is 0.340 e. The minimum atomic E-state index is -1.19. The van der Waals surface area contributed by atoms with Crippen LogP contribution in [0.5, 0.6) is 11.5 Å². The van der Waals surface area contributed by atoms with Crippen LogP contribution in [0.3, 0.4) is 0 Å². The molecule has 11 heteroatoms. The van der Waals surface area contributed by atoms with Crippen LogP contribution in [-0.2, 0) is 50.4 Å². The summed E-state index contributed by atoms with van der Waals surface area (Å²) < 4.78 is 14.0. The van der Waals surface area contributed by atoms with E-state index in [0.29, 0.717) is 30.4 Å². The number of rotatable bonds is 7. The van der Waals surface area contributed by atoms with Gasteiger partial charge in [-0.3, -0.25) is 14.4 Å². The van der Waals surface area contributed by atoms with Gasteiger partial charge in [-0.1, -0.05) is 6.07 Å². The number of anilines is 2. The first-order chi connectivity index (χ1) is 26.1. The highest BCUT2D eigenvalue weighted by atomic mass is 16.7. The lowest BCUT2D eigenvalue weighted by molar-refractivity contribution is -0.195. The molecule has 282 valence electrons. The predicted molar refractivity (Wildman–Crippen MR) is 202 cm³/mol. The molecular formula is C43H48N4O7. The zero-order valence-electron chi connectivity index (χ0n) is 31.5. The number of ether oxygens (including phenoxy) is 2. The number of benzene rings is 3. The number of nitrogens with one attached hydrogen (secondary N) is 1. The van der Waals surface area contributed by atoms with Crippen molar-refractivity contribution in [2.24, 2.45) is 0 Å². The van der Waals surface area contributed by atoms with Crippen molar-refractivity contribution < 1.29 is 33.5 Å². The maximum atomic E-state index is 14.2. The normalized spacial score (nSPS) is 18.6. The molecule has 0 aliphatic carbocycles. The second kappa shape index (κ2) is 13.4. The van der Waals surface area contributed by atoms with Gasteiger partial charge in [-0.05, 0) is 113 Å². The summed E-state index contributed by atoms with van der Waals surface area (Å²) in [5.41, 5.74) is 9.84. The van der Waals surface area contributed by atoms with Crippen molar-refractivity contribution in [2.75, 3.05) is 42.5 Å². The van der Waals surface area contributed by atoms with Crippen LogP contribution in [0, 0.1) is 0 Å². The Morgan fingerprint density at radius 3 is 2.00 bits per heavy atom. The number of amides is 2. The molecule has 1 atom stereocenters. The van der Waals surface area contributed by atoms with Crippen LogP contribution in [-0.4, -0.2) is 67.6 Å². The summed E-state index contributed by atoms with van der Waals surface area (Å²) in [4.78, 5) is 61.0. The van der Waals surface area contributed by atoms with Gasteiger partial charge in [0, 0.05) is 90.8 Å². The summed E-state index contributed by atoms with van der Waals surface area (Å²) in [5, 5.41) is 4.15. The third-order valence-corrected chi connectivity index (χ3v) is 12.3. The summed E-state index contributed by atoms with van der Waals surface area (Å²) in [6.45, 7) is 9.02. The fraction of sp³-hybridized carbons (Fsp3) is 0.488. The average Bonchev–Trinajstić information content (AvgIpc) is 3.45. The lowest BCUT2D eigenvalue weighted by Crippen LogP contribution is -2.40. The maximum Gasteiger partial charge on any atom is 0.340 e. The molecule has 0 saturated heterocycles. The minimum Gasteiger partial charge on any atom is -0.456 e. The van der Waals surface area contributed by atoms with E-state index in [1.165, 1.54) is 47.5 Å². The van der Waals surface area contributed by atoms with E-state index in [1.54, 1.807) is 6.07 Å². The molecule has 11 nitrogen and oxygen atoms in total. The monoisotopic (exact) mass is 732 g/mol. The molecule has 54 heavy (non-hydrogen) atoms. The Balaban J connectivity index is 1.07. The summed E-state index contributed by atoms with van der Waals surface area (Å²) in [6, 6.07) is 9.80. The molecule has 0 saturated carbocycles. The van der Waals surface area contributed by atoms with Gasteiger partial charge in [-0.25, -0.2) is 4.79 Å². The van der Waals surface area contributed by atoms with Crippen LogP contribution in [0.4, 0.5) is 11.4 Å². The molecule has 0 aromatic heterocycles. The summed E-state index contributed by atoms with van der Waals surface area (Å²) in [7, 11) is 0. The molecule has 0 radical (unpaired) electrons. The lowest BCUT2D eigenvalue weighted by Gasteiger charge is -2.45. The highest BCUT2D eigenvalue weighted by molar-refractivity contribution is 6.02. The van der Waals surface area contributed by atoms with Gasteiger partial charge in [0.1, 0.15) is 11.5 Å². The Kier molecular flexibility index (Phi) is 8.58. The van der Waals surface area contributed by atoms with Crippen LogP contribution in [0.15, 0.2) is 30.3 Å². The summed E-state index contributed by atoms with van der Waals surface area (Å²) in [5.74, 6) is 0.0994. The molecule has 0 fully saturated rings. The van der Waals surface area contributed by atoms with Crippen molar-refractivity contribution >= 4 is 35.1 Å². The third kappa shape index (κ3) is 5.52. The van der Waals surface area contributed by atoms with Crippen LogP contribution >= 0.6 is 0 Å². The van der Waals surface area contributed by atoms with Crippen molar-refractivity contribution in [3.63, 3.8) is 0 Å². The number of aryl methyl sites for hydroxylation is 2. The number of hydroxylamine groups is 2. The second-order valence-corrected chi connectivity index (χ2v) is 15.9. The quantitative estimate of drug-likeness (QED) is 0.171. The number of carbonyl (C=O) groups is 4. The number of hydrogen-bond acceptors (Lipinski definition) is 9. The van der Waals surface area contributed by atoms with E-state index in [4.69, 9.17) is 14.3 Å². The van der Waals surface area contributed by atoms with Gasteiger partial charge in [0.25, 0.3) is 11.8 Å². The van der Waals surface area contributed by atoms with E-state index < -0.39 is 17.5 Å². The van der Waals surface area contributed by atoms with Gasteiger partial charge in [-0.2, -0.15) is 5.06 Å². The topological polar surface area (TPSA) is 118 Å². The van der Waals surface area contributed by atoms with Crippen molar-refractivity contribution in [1.29, 1.82) is 0 Å². The minimum absolute atomic E-state index is 0.164. The van der Waals surface area contributed by atoms with Crippen molar-refractivity contribution in [1.82, 2.24) is 10.4 Å². The number of esters is 1. The first-order valence-electron chi connectivity index (χ1n) is 19.9. The highest BCUT2D eigenvalue weighted by Crippen LogP contribution is 2.62. The lowest BCUT2D eigenvalue weighted by atomic mass is 9.72. The zero-order chi connectivity index (χ0) is 37.3. The van der Waals surface area contributed by atoms with Gasteiger partial charge in [-0.15, -0.1) is 0 Å². The number of nitrogens with zero attached hydrogens (tertiary/aromatic N) is 3. The molecule has 9 rings (SSSR count). The molecule has 1 spiro atoms. The standard InChI is InChI=1S/C43H48N4O7/c1-25(10-4-5-21-47(26(2)48)54-27(3)49)44-41(50)30-15-16-34-33(22-30)42(51)53-43(34)35-23-28-11-6-17-45-19-8-13-31(37(28)45)39(35)52-40-32-14-9-20-46-18-7-12-29(38(32)46)24-36(40)43/h15-16,22-25H,4-14,17-21H2,1-3H3,(H,44,50)/t25-/m1/s1. The van der Waals surface area contributed by atoms with E-state index >= 15 is 0 Å². The van der Waals surface area contributed by atoms with Crippen LogP contribution < -0.4 is 19.9 Å². The molecule has 1 N–H and O–H groups in total. The fourth-order valence-corrected chi connectivity index (χ4v) is 9.98. The first-order valence-corrected chi connectivity index (χ1v) is 19.9. The predicted octanol–water partition coefficient (Wildman–Crippen LogP) is 6.27. The van der Waals surface area contributed by atoms with Gasteiger partial charge in [0.05, 0.1) is 12.1 Å². The van der Waals surface area contributed by atoms with Crippen molar-refractivity contribution in [3.8, 4) is 11.5 Å². The molecule has 6 aliphatic rings. The average molecular weight is 733 g/mol. The molecule has 6 heterocycles. The molecule has 3 aromatic carbocycles. The summed E-state index contributed by atoms with van der Waals surface area (Å²) in [6.07, 6.45) is 10.0. The van der Waals surface area contributed by atoms with Gasteiger partial charge < -0.3 is 29.4 Å². The van der Waals surface area contributed by atoms with Crippen molar-refractivity contribution in [3.05, 3.63) is 80.4 Å². The third-order valence-electron chi connectivity index (χ3n) is 12.3. The molecule has 6 aliphatic heterocycles. The molecule has 2 amide bonds. The van der Waals surface area contributed by atoms with E-state index in [9.17, 15) is 19.2 Å². The van der Waals surface area contributed by atoms with Crippen LogP contribution in [0.1, 0.15) is 125 Å². The zero-order valence-corrected chi connectivity index (χ0v) is 31.5. The van der Waals surface area contributed by atoms with E-state index in [0.717, 1.165) is 111 Å². The van der Waals surface area contributed by atoms with Crippen molar-refractivity contribution in [2.45, 2.75) is 103 Å². The molecule has 0 unspecified atom stereocenters. The van der Waals surface area contributed by atoms with Gasteiger partial charge in [0.2, 0.25) is 0 Å². The SMILES string of the molecule is CC(=O)ON(CCCC[C@@H](C)NC(=O)c1ccc2c(c1)C(=O)OC21c2cc3c4c(c2Oc2c1cc1c5c2CCCN5CCC1)CCCN4CCC3)C(C)=O. The fourth-order valence-electron chi connectivity index (χ4n) is 9.98. The number of carbonyl (C=O) groups excluding carboxylic acids is 4. The molecule has 3 aromatic rings. The Hall–Kier alpha value is -5.06. The van der Waals surface area contributed by atoms with E-state index in [2.05, 4.69) is 27.2 Å².